The SMILES string of the molecule is CCNC(=NCC(=O)NC(C)(C)C)NCC1(CCOC)CCC1. The molecule has 0 aliphatic heterocycles. The first kappa shape index (κ1) is 19.7. The molecule has 6 heteroatoms. The molecule has 1 aliphatic rings. The number of methoxy groups -OCH3 is 1. The van der Waals surface area contributed by atoms with E-state index in [4.69, 9.17) is 4.74 Å². The topological polar surface area (TPSA) is 74.8 Å². The maximum atomic E-state index is 11.9. The summed E-state index contributed by atoms with van der Waals surface area (Å²) in [5.41, 5.74) is 0.0917. The van der Waals surface area contributed by atoms with Crippen molar-refractivity contribution in [2.24, 2.45) is 10.4 Å². The highest BCUT2D eigenvalue weighted by Crippen LogP contribution is 2.43. The van der Waals surface area contributed by atoms with Crippen LogP contribution in [-0.2, 0) is 9.53 Å². The summed E-state index contributed by atoms with van der Waals surface area (Å²) >= 11 is 0. The highest BCUT2D eigenvalue weighted by Gasteiger charge is 2.36. The van der Waals surface area contributed by atoms with Crippen LogP contribution < -0.4 is 16.0 Å². The van der Waals surface area contributed by atoms with Crippen molar-refractivity contribution in [2.75, 3.05) is 33.4 Å². The Morgan fingerprint density at radius 1 is 1.26 bits per heavy atom. The summed E-state index contributed by atoms with van der Waals surface area (Å²) < 4.78 is 5.23. The number of aliphatic imine (C=N–C) groups is 1. The minimum Gasteiger partial charge on any atom is -0.385 e. The number of guanidine groups is 1. The standard InChI is InChI=1S/C17H34N4O2/c1-6-18-15(19-12-14(22)21-16(2,3)4)20-13-17(8-7-9-17)10-11-23-5/h6-13H2,1-5H3,(H,21,22)(H2,18,19,20). The summed E-state index contributed by atoms with van der Waals surface area (Å²) in [6.07, 6.45) is 4.81. The third-order valence-corrected chi connectivity index (χ3v) is 4.12. The van der Waals surface area contributed by atoms with Gasteiger partial charge in [-0.25, -0.2) is 4.99 Å². The van der Waals surface area contributed by atoms with Crippen molar-refractivity contribution in [1.29, 1.82) is 0 Å². The first-order valence-corrected chi connectivity index (χ1v) is 8.62. The Morgan fingerprint density at radius 2 is 1.96 bits per heavy atom. The predicted molar refractivity (Wildman–Crippen MR) is 94.7 cm³/mol. The number of hydrogen-bond acceptors (Lipinski definition) is 3. The Morgan fingerprint density at radius 3 is 2.43 bits per heavy atom. The van der Waals surface area contributed by atoms with Gasteiger partial charge in [0, 0.05) is 32.3 Å². The molecule has 0 aromatic carbocycles. The van der Waals surface area contributed by atoms with E-state index >= 15 is 0 Å². The van der Waals surface area contributed by atoms with Crippen molar-refractivity contribution < 1.29 is 9.53 Å². The normalized spacial score (nSPS) is 17.3. The molecule has 23 heavy (non-hydrogen) atoms. The molecule has 0 atom stereocenters. The summed E-state index contributed by atoms with van der Waals surface area (Å²) in [5.74, 6) is 0.646. The summed E-state index contributed by atoms with van der Waals surface area (Å²) in [6.45, 7) is 10.5. The number of amides is 1. The van der Waals surface area contributed by atoms with Gasteiger partial charge in [-0.15, -0.1) is 0 Å². The monoisotopic (exact) mass is 326 g/mol. The Kier molecular flexibility index (Phi) is 7.82. The molecule has 1 amide bonds. The number of nitrogens with zero attached hydrogens (tertiary/aromatic N) is 1. The molecule has 0 unspecified atom stereocenters. The quantitative estimate of drug-likeness (QED) is 0.468. The highest BCUT2D eigenvalue weighted by molar-refractivity contribution is 5.85. The molecular formula is C17H34N4O2. The van der Waals surface area contributed by atoms with Gasteiger partial charge in [0.15, 0.2) is 5.96 Å². The van der Waals surface area contributed by atoms with Crippen LogP contribution in [0, 0.1) is 5.41 Å². The van der Waals surface area contributed by atoms with Crippen molar-refractivity contribution in [1.82, 2.24) is 16.0 Å². The molecule has 0 saturated heterocycles. The lowest BCUT2D eigenvalue weighted by Crippen LogP contribution is -2.47. The molecular weight excluding hydrogens is 292 g/mol. The highest BCUT2D eigenvalue weighted by atomic mass is 16.5. The molecule has 6 nitrogen and oxygen atoms in total. The van der Waals surface area contributed by atoms with E-state index in [-0.39, 0.29) is 18.0 Å². The number of carbonyl (C=O) groups is 1. The van der Waals surface area contributed by atoms with Gasteiger partial charge in [0.2, 0.25) is 5.91 Å². The van der Waals surface area contributed by atoms with Crippen molar-refractivity contribution in [3.63, 3.8) is 0 Å². The maximum Gasteiger partial charge on any atom is 0.242 e. The molecule has 1 fully saturated rings. The summed E-state index contributed by atoms with van der Waals surface area (Å²) in [5, 5.41) is 9.52. The van der Waals surface area contributed by atoms with Crippen LogP contribution in [0.15, 0.2) is 4.99 Å². The Hall–Kier alpha value is -1.30. The molecule has 0 aromatic heterocycles. The van der Waals surface area contributed by atoms with Gasteiger partial charge in [-0.05, 0) is 52.4 Å². The molecule has 3 N–H and O–H groups in total. The molecule has 134 valence electrons. The third kappa shape index (κ3) is 7.68. The van der Waals surface area contributed by atoms with Gasteiger partial charge in [0.1, 0.15) is 6.54 Å². The number of nitrogens with one attached hydrogen (secondary N) is 3. The zero-order valence-corrected chi connectivity index (χ0v) is 15.4. The number of rotatable bonds is 8. The van der Waals surface area contributed by atoms with E-state index in [9.17, 15) is 4.79 Å². The van der Waals surface area contributed by atoms with E-state index in [0.29, 0.717) is 11.4 Å². The van der Waals surface area contributed by atoms with Crippen LogP contribution in [0.1, 0.15) is 53.4 Å². The van der Waals surface area contributed by atoms with Crippen molar-refractivity contribution in [2.45, 2.75) is 58.9 Å². The van der Waals surface area contributed by atoms with Crippen molar-refractivity contribution in [3.05, 3.63) is 0 Å². The fourth-order valence-corrected chi connectivity index (χ4v) is 2.73. The summed E-state index contributed by atoms with van der Waals surface area (Å²) in [6, 6.07) is 0. The largest absolute Gasteiger partial charge is 0.385 e. The van der Waals surface area contributed by atoms with Crippen molar-refractivity contribution in [3.8, 4) is 0 Å². The van der Waals surface area contributed by atoms with Crippen LogP contribution in [0.25, 0.3) is 0 Å². The fraction of sp³-hybridized carbons (Fsp3) is 0.882. The van der Waals surface area contributed by atoms with E-state index < -0.39 is 0 Å². The molecule has 1 rings (SSSR count). The van der Waals surface area contributed by atoms with Crippen molar-refractivity contribution >= 4 is 11.9 Å². The lowest BCUT2D eigenvalue weighted by Gasteiger charge is -2.42. The van der Waals surface area contributed by atoms with Crippen LogP contribution >= 0.6 is 0 Å². The zero-order chi connectivity index (χ0) is 17.3. The predicted octanol–water partition coefficient (Wildman–Crippen LogP) is 1.66. The Labute approximate surface area is 140 Å². The van der Waals surface area contributed by atoms with Gasteiger partial charge in [-0.3, -0.25) is 4.79 Å². The smallest absolute Gasteiger partial charge is 0.242 e. The molecule has 1 aliphatic carbocycles. The summed E-state index contributed by atoms with van der Waals surface area (Å²) in [7, 11) is 1.75. The van der Waals surface area contributed by atoms with E-state index in [1.165, 1.54) is 19.3 Å². The fourth-order valence-electron chi connectivity index (χ4n) is 2.73. The second-order valence-electron chi connectivity index (χ2n) is 7.44. The minimum absolute atomic E-state index is 0.0626. The number of carbonyl (C=O) groups excluding carboxylic acids is 1. The van der Waals surface area contributed by atoms with Gasteiger partial charge >= 0.3 is 0 Å². The van der Waals surface area contributed by atoms with Crippen LogP contribution in [0.5, 0.6) is 0 Å². The lowest BCUT2D eigenvalue weighted by molar-refractivity contribution is -0.121. The van der Waals surface area contributed by atoms with Crippen LogP contribution in [0.4, 0.5) is 0 Å². The van der Waals surface area contributed by atoms with E-state index in [2.05, 4.69) is 20.9 Å². The average Bonchev–Trinajstić information content (AvgIpc) is 2.41. The number of ether oxygens (including phenoxy) is 1. The first-order chi connectivity index (χ1) is 10.8. The van der Waals surface area contributed by atoms with Gasteiger partial charge < -0.3 is 20.7 Å². The molecule has 0 radical (unpaired) electrons. The molecule has 0 bridgehead atoms. The molecule has 0 spiro atoms. The van der Waals surface area contributed by atoms with Gasteiger partial charge in [-0.2, -0.15) is 0 Å². The van der Waals surface area contributed by atoms with Gasteiger partial charge in [-0.1, -0.05) is 6.42 Å². The number of hydrogen-bond donors (Lipinski definition) is 3. The Bertz CT molecular complexity index is 398. The average molecular weight is 326 g/mol. The second kappa shape index (κ2) is 9.11. The molecule has 0 heterocycles. The summed E-state index contributed by atoms with van der Waals surface area (Å²) in [4.78, 5) is 16.3. The van der Waals surface area contributed by atoms with E-state index in [0.717, 1.165) is 26.1 Å². The second-order valence-corrected chi connectivity index (χ2v) is 7.44. The minimum atomic E-state index is -0.228. The first-order valence-electron chi connectivity index (χ1n) is 8.62. The zero-order valence-electron chi connectivity index (χ0n) is 15.4. The maximum absolute atomic E-state index is 11.9. The van der Waals surface area contributed by atoms with Gasteiger partial charge in [0.25, 0.3) is 0 Å². The van der Waals surface area contributed by atoms with Crippen LogP contribution in [0.2, 0.25) is 0 Å². The van der Waals surface area contributed by atoms with E-state index in [1.54, 1.807) is 7.11 Å². The van der Waals surface area contributed by atoms with Gasteiger partial charge in [0.05, 0.1) is 0 Å². The molecule has 1 saturated carbocycles. The third-order valence-electron chi connectivity index (χ3n) is 4.12. The van der Waals surface area contributed by atoms with Crippen LogP contribution in [0.3, 0.4) is 0 Å². The van der Waals surface area contributed by atoms with E-state index in [1.807, 2.05) is 27.7 Å². The molecule has 0 aromatic rings. The lowest BCUT2D eigenvalue weighted by atomic mass is 9.67. The Balaban J connectivity index is 2.50. The van der Waals surface area contributed by atoms with Crippen LogP contribution in [-0.4, -0.2) is 50.8 Å².